The van der Waals surface area contributed by atoms with Gasteiger partial charge in [0.25, 0.3) is 0 Å². The van der Waals surface area contributed by atoms with E-state index in [2.05, 4.69) is 15.6 Å². The molecule has 0 radical (unpaired) electrons. The summed E-state index contributed by atoms with van der Waals surface area (Å²) in [5, 5.41) is 8.10. The van der Waals surface area contributed by atoms with Crippen LogP contribution in [0.15, 0.2) is 29.6 Å². The van der Waals surface area contributed by atoms with Gasteiger partial charge >= 0.3 is 0 Å². The largest absolute Gasteiger partial charge is 0.384 e. The highest BCUT2D eigenvalue weighted by Gasteiger charge is 2.28. The molecule has 0 saturated carbocycles. The van der Waals surface area contributed by atoms with Gasteiger partial charge in [-0.05, 0) is 11.6 Å². The molecule has 0 saturated heterocycles. The van der Waals surface area contributed by atoms with Crippen LogP contribution in [0.5, 0.6) is 0 Å². The Hall–Kier alpha value is -2.21. The van der Waals surface area contributed by atoms with Gasteiger partial charge in [0.2, 0.25) is 5.91 Å². The molecule has 2 N–H and O–H groups in total. The van der Waals surface area contributed by atoms with Gasteiger partial charge in [-0.1, -0.05) is 18.2 Å². The second kappa shape index (κ2) is 5.05. The molecule has 1 aromatic heterocycles. The van der Waals surface area contributed by atoms with Gasteiger partial charge in [0, 0.05) is 24.5 Å². The van der Waals surface area contributed by atoms with E-state index in [9.17, 15) is 9.59 Å². The zero-order chi connectivity index (χ0) is 14.1. The van der Waals surface area contributed by atoms with Crippen LogP contribution in [0.4, 0.5) is 10.8 Å². The molecule has 1 aliphatic heterocycles. The normalized spacial score (nSPS) is 16.4. The van der Waals surface area contributed by atoms with Gasteiger partial charge in [0.1, 0.15) is 5.69 Å². The first-order chi connectivity index (χ1) is 9.65. The summed E-state index contributed by atoms with van der Waals surface area (Å²) >= 11 is 1.26. The zero-order valence-corrected chi connectivity index (χ0v) is 11.7. The summed E-state index contributed by atoms with van der Waals surface area (Å²) < 4.78 is 0. The molecule has 0 bridgehead atoms. The van der Waals surface area contributed by atoms with Gasteiger partial charge < -0.3 is 10.6 Å². The Morgan fingerprint density at radius 1 is 1.40 bits per heavy atom. The lowest BCUT2D eigenvalue weighted by Crippen LogP contribution is -2.22. The van der Waals surface area contributed by atoms with Crippen molar-refractivity contribution in [2.45, 2.75) is 12.8 Å². The number of rotatable bonds is 3. The third-order valence-corrected chi connectivity index (χ3v) is 4.00. The molecule has 0 fully saturated rings. The van der Waals surface area contributed by atoms with E-state index < -0.39 is 0 Å². The standard InChI is InChI=1S/C14H13N3O2S/c1-8(18)12-7-20-14(16-12)17-13(19)10-6-15-11-5-3-2-4-9(10)11/h2-5,7,10,15H,6H2,1H3,(H,16,17,19). The van der Waals surface area contributed by atoms with Crippen LogP contribution < -0.4 is 10.6 Å². The van der Waals surface area contributed by atoms with E-state index in [0.717, 1.165) is 11.3 Å². The fourth-order valence-corrected chi connectivity index (χ4v) is 2.96. The maximum absolute atomic E-state index is 12.3. The average Bonchev–Trinajstić information content (AvgIpc) is 3.04. The Morgan fingerprint density at radius 2 is 2.20 bits per heavy atom. The van der Waals surface area contributed by atoms with Crippen molar-refractivity contribution in [3.8, 4) is 0 Å². The number of hydrogen-bond acceptors (Lipinski definition) is 5. The number of ketones is 1. The van der Waals surface area contributed by atoms with Crippen molar-refractivity contribution < 1.29 is 9.59 Å². The number of nitrogens with one attached hydrogen (secondary N) is 2. The summed E-state index contributed by atoms with van der Waals surface area (Å²) in [6.07, 6.45) is 0. The molecule has 0 spiro atoms. The van der Waals surface area contributed by atoms with Gasteiger partial charge in [0.15, 0.2) is 10.9 Å². The Kier molecular flexibility index (Phi) is 3.23. The fraction of sp³-hybridized carbons (Fsp3) is 0.214. The van der Waals surface area contributed by atoms with Crippen molar-refractivity contribution in [2.75, 3.05) is 17.2 Å². The summed E-state index contributed by atoms with van der Waals surface area (Å²) in [4.78, 5) is 27.6. The molecular weight excluding hydrogens is 274 g/mol. The van der Waals surface area contributed by atoms with Crippen LogP contribution in [-0.4, -0.2) is 23.2 Å². The van der Waals surface area contributed by atoms with Gasteiger partial charge in [0.05, 0.1) is 5.92 Å². The SMILES string of the molecule is CC(=O)c1csc(NC(=O)C2CNc3ccccc32)n1. The van der Waals surface area contributed by atoms with E-state index in [-0.39, 0.29) is 17.6 Å². The molecule has 1 amide bonds. The first kappa shape index (κ1) is 12.8. The van der Waals surface area contributed by atoms with Crippen LogP contribution in [0.3, 0.4) is 0 Å². The Morgan fingerprint density at radius 3 is 2.95 bits per heavy atom. The highest BCUT2D eigenvalue weighted by atomic mass is 32.1. The van der Waals surface area contributed by atoms with E-state index in [1.165, 1.54) is 18.3 Å². The predicted octanol–water partition coefficient (Wildman–Crippen LogP) is 2.49. The van der Waals surface area contributed by atoms with Crippen LogP contribution >= 0.6 is 11.3 Å². The van der Waals surface area contributed by atoms with E-state index in [0.29, 0.717) is 17.4 Å². The highest BCUT2D eigenvalue weighted by molar-refractivity contribution is 7.14. The Labute approximate surface area is 120 Å². The molecule has 3 rings (SSSR count). The maximum atomic E-state index is 12.3. The van der Waals surface area contributed by atoms with Crippen LogP contribution in [0.25, 0.3) is 0 Å². The van der Waals surface area contributed by atoms with Crippen molar-refractivity contribution in [1.29, 1.82) is 0 Å². The molecule has 1 unspecified atom stereocenters. The minimum Gasteiger partial charge on any atom is -0.384 e. The zero-order valence-electron chi connectivity index (χ0n) is 10.8. The second-order valence-electron chi connectivity index (χ2n) is 4.60. The van der Waals surface area contributed by atoms with Crippen LogP contribution in [0.2, 0.25) is 0 Å². The lowest BCUT2D eigenvalue weighted by atomic mass is 10.0. The number of fused-ring (bicyclic) bond motifs is 1. The number of carbonyl (C=O) groups is 2. The lowest BCUT2D eigenvalue weighted by Gasteiger charge is -2.08. The second-order valence-corrected chi connectivity index (χ2v) is 5.46. The number of aromatic nitrogens is 1. The topological polar surface area (TPSA) is 71.1 Å². The molecule has 2 aromatic rings. The molecule has 2 heterocycles. The number of para-hydroxylation sites is 1. The number of thiazole rings is 1. The number of Topliss-reactive ketones (excluding diaryl/α,β-unsaturated/α-hetero) is 1. The van der Waals surface area contributed by atoms with Gasteiger partial charge in [-0.25, -0.2) is 4.98 Å². The smallest absolute Gasteiger partial charge is 0.235 e. The number of benzene rings is 1. The first-order valence-corrected chi connectivity index (χ1v) is 7.13. The number of anilines is 2. The average molecular weight is 287 g/mol. The number of carbonyl (C=O) groups excluding carboxylic acids is 2. The van der Waals surface area contributed by atoms with Gasteiger partial charge in [-0.3, -0.25) is 9.59 Å². The molecule has 1 atom stereocenters. The van der Waals surface area contributed by atoms with Crippen molar-refractivity contribution in [2.24, 2.45) is 0 Å². The van der Waals surface area contributed by atoms with Crippen LogP contribution in [0.1, 0.15) is 28.9 Å². The van der Waals surface area contributed by atoms with Crippen molar-refractivity contribution in [1.82, 2.24) is 4.98 Å². The molecule has 102 valence electrons. The van der Waals surface area contributed by atoms with Crippen molar-refractivity contribution >= 4 is 33.8 Å². The summed E-state index contributed by atoms with van der Waals surface area (Å²) in [6, 6.07) is 7.76. The molecular formula is C14H13N3O2S. The molecule has 1 aliphatic rings. The molecule has 1 aromatic carbocycles. The summed E-state index contributed by atoms with van der Waals surface area (Å²) in [6.45, 7) is 2.04. The fourth-order valence-electron chi connectivity index (χ4n) is 2.20. The van der Waals surface area contributed by atoms with Crippen LogP contribution in [-0.2, 0) is 4.79 Å². The minimum atomic E-state index is -0.226. The molecule has 5 nitrogen and oxygen atoms in total. The van der Waals surface area contributed by atoms with E-state index in [1.807, 2.05) is 24.3 Å². The maximum Gasteiger partial charge on any atom is 0.235 e. The monoisotopic (exact) mass is 287 g/mol. The van der Waals surface area contributed by atoms with Crippen LogP contribution in [0, 0.1) is 0 Å². The predicted molar refractivity (Wildman–Crippen MR) is 78.4 cm³/mol. The van der Waals surface area contributed by atoms with E-state index in [4.69, 9.17) is 0 Å². The summed E-state index contributed by atoms with van der Waals surface area (Å²) in [5.41, 5.74) is 2.37. The summed E-state index contributed by atoms with van der Waals surface area (Å²) in [7, 11) is 0. The highest BCUT2D eigenvalue weighted by Crippen LogP contribution is 2.32. The van der Waals surface area contributed by atoms with E-state index in [1.54, 1.807) is 5.38 Å². The minimum absolute atomic E-state index is 0.102. The van der Waals surface area contributed by atoms with E-state index >= 15 is 0 Å². The van der Waals surface area contributed by atoms with Crippen molar-refractivity contribution in [3.05, 3.63) is 40.9 Å². The molecule has 20 heavy (non-hydrogen) atoms. The third kappa shape index (κ3) is 2.30. The Bertz CT molecular complexity index is 681. The van der Waals surface area contributed by atoms with Gasteiger partial charge in [-0.15, -0.1) is 11.3 Å². The number of hydrogen-bond donors (Lipinski definition) is 2. The molecule has 0 aliphatic carbocycles. The van der Waals surface area contributed by atoms with Crippen molar-refractivity contribution in [3.63, 3.8) is 0 Å². The van der Waals surface area contributed by atoms with Gasteiger partial charge in [-0.2, -0.15) is 0 Å². The lowest BCUT2D eigenvalue weighted by molar-refractivity contribution is -0.117. The first-order valence-electron chi connectivity index (χ1n) is 6.25. The summed E-state index contributed by atoms with van der Waals surface area (Å²) in [5.74, 6) is -0.433. The number of amides is 1. The Balaban J connectivity index is 1.75. The molecule has 6 heteroatoms. The quantitative estimate of drug-likeness (QED) is 0.851. The third-order valence-electron chi connectivity index (χ3n) is 3.24. The number of nitrogens with zero attached hydrogens (tertiary/aromatic N) is 1.